The molecule has 3 rings (SSSR count). The van der Waals surface area contributed by atoms with Gasteiger partial charge in [0.05, 0.1) is 4.92 Å². The third kappa shape index (κ3) is 5.46. The van der Waals surface area contributed by atoms with Crippen molar-refractivity contribution in [3.05, 3.63) is 51.1 Å². The molecule has 1 aromatic heterocycles. The lowest BCUT2D eigenvalue weighted by Crippen LogP contribution is -2.50. The number of aryl methyl sites for hydroxylation is 3. The normalized spacial score (nSPS) is 14.3. The Morgan fingerprint density at radius 3 is 2.19 bits per heavy atom. The van der Waals surface area contributed by atoms with E-state index < -0.39 is 10.5 Å². The zero-order valence-corrected chi connectivity index (χ0v) is 19.5. The van der Waals surface area contributed by atoms with E-state index >= 15 is 0 Å². The number of pyridine rings is 1. The van der Waals surface area contributed by atoms with E-state index in [0.717, 1.165) is 16.7 Å². The van der Waals surface area contributed by atoms with Crippen LogP contribution in [0.3, 0.4) is 0 Å². The number of benzene rings is 1. The van der Waals surface area contributed by atoms with Gasteiger partial charge in [-0.15, -0.1) is 0 Å². The Kier molecular flexibility index (Phi) is 6.57. The van der Waals surface area contributed by atoms with Crippen molar-refractivity contribution in [2.75, 3.05) is 31.1 Å². The second-order valence-electron chi connectivity index (χ2n) is 9.04. The molecule has 0 unspecified atom stereocenters. The molecule has 1 aliphatic rings. The van der Waals surface area contributed by atoms with Crippen LogP contribution in [0, 0.1) is 30.9 Å². The summed E-state index contributed by atoms with van der Waals surface area (Å²) in [5, 5.41) is 11.6. The second kappa shape index (κ2) is 9.02. The molecule has 1 aromatic carbocycles. The van der Waals surface area contributed by atoms with Crippen LogP contribution < -0.4 is 9.64 Å². The Morgan fingerprint density at radius 2 is 1.66 bits per heavy atom. The van der Waals surface area contributed by atoms with Crippen molar-refractivity contribution in [1.29, 1.82) is 0 Å². The zero-order chi connectivity index (χ0) is 23.6. The van der Waals surface area contributed by atoms with Crippen molar-refractivity contribution in [2.45, 2.75) is 47.1 Å². The largest absolute Gasteiger partial charge is 0.444 e. The van der Waals surface area contributed by atoms with Gasteiger partial charge in [-0.05, 0) is 58.7 Å². The lowest BCUT2D eigenvalue weighted by Gasteiger charge is -2.36. The monoisotopic (exact) mass is 442 g/mol. The SMILES string of the molecule is Cc1cc(C)c(Oc2nc(N3CCN(C(=O)OC(C)(C)C)CC3)ccc2[N+](=O)[O-])c(C)c1. The van der Waals surface area contributed by atoms with E-state index in [0.29, 0.717) is 37.7 Å². The van der Waals surface area contributed by atoms with Gasteiger partial charge in [-0.3, -0.25) is 10.1 Å². The van der Waals surface area contributed by atoms with Crippen LogP contribution in [-0.2, 0) is 4.74 Å². The average Bonchev–Trinajstić information content (AvgIpc) is 2.69. The molecule has 1 fully saturated rings. The van der Waals surface area contributed by atoms with Crippen molar-refractivity contribution >= 4 is 17.6 Å². The fraction of sp³-hybridized carbons (Fsp3) is 0.478. The molecule has 1 amide bonds. The van der Waals surface area contributed by atoms with Gasteiger partial charge in [-0.25, -0.2) is 4.79 Å². The van der Waals surface area contributed by atoms with Gasteiger partial charge in [0.25, 0.3) is 0 Å². The Bertz CT molecular complexity index is 1000. The van der Waals surface area contributed by atoms with Crippen LogP contribution in [0.15, 0.2) is 24.3 Å². The Morgan fingerprint density at radius 1 is 1.06 bits per heavy atom. The molecule has 0 radical (unpaired) electrons. The number of nitrogens with zero attached hydrogens (tertiary/aromatic N) is 4. The molecule has 9 heteroatoms. The molecule has 0 N–H and O–H groups in total. The topological polar surface area (TPSA) is 98.0 Å². The number of amides is 1. The fourth-order valence-corrected chi connectivity index (χ4v) is 3.68. The molecule has 0 spiro atoms. The smallest absolute Gasteiger partial charge is 0.410 e. The van der Waals surface area contributed by atoms with Gasteiger partial charge < -0.3 is 19.3 Å². The van der Waals surface area contributed by atoms with Gasteiger partial charge in [0.15, 0.2) is 0 Å². The van der Waals surface area contributed by atoms with Crippen LogP contribution in [-0.4, -0.2) is 52.7 Å². The van der Waals surface area contributed by atoms with Crippen molar-refractivity contribution < 1.29 is 19.2 Å². The van der Waals surface area contributed by atoms with Crippen molar-refractivity contribution in [2.24, 2.45) is 0 Å². The number of piperazine rings is 1. The molecule has 0 saturated carbocycles. The summed E-state index contributed by atoms with van der Waals surface area (Å²) in [5.74, 6) is 1.09. The first-order chi connectivity index (χ1) is 14.9. The third-order valence-electron chi connectivity index (χ3n) is 5.08. The Hall–Kier alpha value is -3.36. The summed E-state index contributed by atoms with van der Waals surface area (Å²) in [6.45, 7) is 13.3. The number of hydrogen-bond acceptors (Lipinski definition) is 7. The average molecular weight is 443 g/mol. The summed E-state index contributed by atoms with van der Waals surface area (Å²) in [5.41, 5.74) is 2.11. The summed E-state index contributed by atoms with van der Waals surface area (Å²) in [6, 6.07) is 6.96. The van der Waals surface area contributed by atoms with Crippen LogP contribution >= 0.6 is 0 Å². The van der Waals surface area contributed by atoms with E-state index in [1.807, 2.05) is 58.6 Å². The first-order valence-corrected chi connectivity index (χ1v) is 10.6. The zero-order valence-electron chi connectivity index (χ0n) is 19.5. The Labute approximate surface area is 188 Å². The minimum atomic E-state index is -0.549. The maximum absolute atomic E-state index is 12.3. The van der Waals surface area contributed by atoms with E-state index in [9.17, 15) is 14.9 Å². The van der Waals surface area contributed by atoms with Gasteiger partial charge in [-0.2, -0.15) is 4.98 Å². The number of hydrogen-bond donors (Lipinski definition) is 0. The predicted molar refractivity (Wildman–Crippen MR) is 122 cm³/mol. The molecule has 0 atom stereocenters. The highest BCUT2D eigenvalue weighted by Gasteiger charge is 2.28. The number of rotatable bonds is 4. The number of ether oxygens (including phenoxy) is 2. The first kappa shape index (κ1) is 23.3. The van der Waals surface area contributed by atoms with E-state index in [-0.39, 0.29) is 17.7 Å². The highest BCUT2D eigenvalue weighted by Crippen LogP contribution is 2.35. The van der Waals surface area contributed by atoms with Gasteiger partial charge in [-0.1, -0.05) is 17.7 Å². The van der Waals surface area contributed by atoms with Crippen LogP contribution in [0.5, 0.6) is 11.6 Å². The molecule has 1 saturated heterocycles. The molecule has 9 nitrogen and oxygen atoms in total. The van der Waals surface area contributed by atoms with Crippen molar-refractivity contribution in [3.63, 3.8) is 0 Å². The van der Waals surface area contributed by atoms with Gasteiger partial charge in [0.1, 0.15) is 17.2 Å². The van der Waals surface area contributed by atoms with Crippen LogP contribution in [0.1, 0.15) is 37.5 Å². The number of aromatic nitrogens is 1. The lowest BCUT2D eigenvalue weighted by atomic mass is 10.1. The van der Waals surface area contributed by atoms with Crippen LogP contribution in [0.4, 0.5) is 16.3 Å². The number of carbonyl (C=O) groups is 1. The van der Waals surface area contributed by atoms with E-state index in [2.05, 4.69) is 4.98 Å². The minimum Gasteiger partial charge on any atom is -0.444 e. The quantitative estimate of drug-likeness (QED) is 0.497. The van der Waals surface area contributed by atoms with E-state index in [4.69, 9.17) is 9.47 Å². The second-order valence-corrected chi connectivity index (χ2v) is 9.04. The van der Waals surface area contributed by atoms with Gasteiger partial charge in [0.2, 0.25) is 0 Å². The standard InChI is InChI=1S/C23H30N4O5/c1-15-13-16(2)20(17(3)14-15)31-21-18(27(29)30)7-8-19(24-21)25-9-11-26(12-10-25)22(28)32-23(4,5)6/h7-8,13-14H,9-12H2,1-6H3. The van der Waals surface area contributed by atoms with Crippen molar-refractivity contribution in [3.8, 4) is 11.6 Å². The molecular weight excluding hydrogens is 412 g/mol. The molecule has 1 aliphatic heterocycles. The summed E-state index contributed by atoms with van der Waals surface area (Å²) in [4.78, 5) is 31.5. The number of carbonyl (C=O) groups excluding carboxylic acids is 1. The molecule has 2 aromatic rings. The first-order valence-electron chi connectivity index (χ1n) is 10.6. The number of nitro groups is 1. The van der Waals surface area contributed by atoms with Gasteiger partial charge in [0, 0.05) is 32.2 Å². The summed E-state index contributed by atoms with van der Waals surface area (Å²) >= 11 is 0. The summed E-state index contributed by atoms with van der Waals surface area (Å²) in [7, 11) is 0. The molecule has 2 heterocycles. The number of anilines is 1. The molecule has 0 bridgehead atoms. The van der Waals surface area contributed by atoms with Gasteiger partial charge >= 0.3 is 17.7 Å². The highest BCUT2D eigenvalue weighted by molar-refractivity contribution is 5.68. The van der Waals surface area contributed by atoms with E-state index in [1.165, 1.54) is 6.07 Å². The summed E-state index contributed by atoms with van der Waals surface area (Å²) < 4.78 is 11.4. The predicted octanol–water partition coefficient (Wildman–Crippen LogP) is 4.76. The third-order valence-corrected chi connectivity index (χ3v) is 5.08. The van der Waals surface area contributed by atoms with Crippen molar-refractivity contribution in [1.82, 2.24) is 9.88 Å². The highest BCUT2D eigenvalue weighted by atomic mass is 16.6. The molecular formula is C23H30N4O5. The minimum absolute atomic E-state index is 0.0443. The Balaban J connectivity index is 1.80. The maximum Gasteiger partial charge on any atom is 0.410 e. The molecule has 32 heavy (non-hydrogen) atoms. The molecule has 172 valence electrons. The molecule has 0 aliphatic carbocycles. The maximum atomic E-state index is 12.3. The van der Waals surface area contributed by atoms with Crippen LogP contribution in [0.25, 0.3) is 0 Å². The van der Waals surface area contributed by atoms with E-state index in [1.54, 1.807) is 11.0 Å². The lowest BCUT2D eigenvalue weighted by molar-refractivity contribution is -0.386. The van der Waals surface area contributed by atoms with Crippen LogP contribution in [0.2, 0.25) is 0 Å². The summed E-state index contributed by atoms with van der Waals surface area (Å²) in [6.07, 6.45) is -0.344. The fourth-order valence-electron chi connectivity index (χ4n) is 3.68.